The maximum absolute atomic E-state index is 8.98. The number of nitrogens with one attached hydrogen (secondary N) is 1. The number of hydrogen-bond donors (Lipinski definition) is 2. The number of fused-ring (bicyclic) bond motifs is 1. The summed E-state index contributed by atoms with van der Waals surface area (Å²) < 4.78 is 2.10. The highest BCUT2D eigenvalue weighted by atomic mass is 16.2. The zero-order chi connectivity index (χ0) is 13.9. The van der Waals surface area contributed by atoms with E-state index in [9.17, 15) is 0 Å². The van der Waals surface area contributed by atoms with Crippen molar-refractivity contribution in [3.8, 4) is 0 Å². The molecule has 2 aromatic rings. The van der Waals surface area contributed by atoms with Crippen molar-refractivity contribution in [1.29, 1.82) is 0 Å². The minimum atomic E-state index is 0.228. The Morgan fingerprint density at radius 3 is 2.90 bits per heavy atom. The third kappa shape index (κ3) is 2.43. The Morgan fingerprint density at radius 2 is 2.15 bits per heavy atom. The van der Waals surface area contributed by atoms with Crippen LogP contribution in [0.5, 0.6) is 0 Å². The fraction of sp³-hybridized carbons (Fsp3) is 0.438. The maximum atomic E-state index is 8.98. The Balaban J connectivity index is 1.90. The predicted molar refractivity (Wildman–Crippen MR) is 80.1 cm³/mol. The molecule has 1 unspecified atom stereocenters. The third-order valence-electron chi connectivity index (χ3n) is 3.94. The van der Waals surface area contributed by atoms with Crippen LogP contribution >= 0.6 is 0 Å². The van der Waals surface area contributed by atoms with E-state index in [1.165, 1.54) is 16.7 Å². The van der Waals surface area contributed by atoms with Gasteiger partial charge >= 0.3 is 0 Å². The summed E-state index contributed by atoms with van der Waals surface area (Å²) in [7, 11) is 0. The maximum Gasteiger partial charge on any atom is 0.128 e. The van der Waals surface area contributed by atoms with E-state index >= 15 is 0 Å². The molecule has 0 fully saturated rings. The monoisotopic (exact) mass is 271 g/mol. The highest BCUT2D eigenvalue weighted by Crippen LogP contribution is 2.31. The summed E-state index contributed by atoms with van der Waals surface area (Å²) in [4.78, 5) is 0. The lowest BCUT2D eigenvalue weighted by Gasteiger charge is -2.27. The molecule has 0 bridgehead atoms. The van der Waals surface area contributed by atoms with E-state index in [4.69, 9.17) is 5.11 Å². The summed E-state index contributed by atoms with van der Waals surface area (Å²) in [5, 5.41) is 17.0. The van der Waals surface area contributed by atoms with Gasteiger partial charge in [0.1, 0.15) is 5.82 Å². The highest BCUT2D eigenvalue weighted by Gasteiger charge is 2.23. The van der Waals surface area contributed by atoms with Crippen LogP contribution < -0.4 is 5.32 Å². The summed E-state index contributed by atoms with van der Waals surface area (Å²) >= 11 is 0. The molecule has 2 heterocycles. The van der Waals surface area contributed by atoms with Crippen molar-refractivity contribution in [2.45, 2.75) is 32.2 Å². The Labute approximate surface area is 119 Å². The summed E-state index contributed by atoms with van der Waals surface area (Å²) in [5.41, 5.74) is 3.80. The van der Waals surface area contributed by atoms with Gasteiger partial charge in [0.05, 0.1) is 12.2 Å². The van der Waals surface area contributed by atoms with Gasteiger partial charge in [0.15, 0.2) is 0 Å². The van der Waals surface area contributed by atoms with Crippen LogP contribution in [0.4, 0.5) is 5.82 Å². The van der Waals surface area contributed by atoms with E-state index in [2.05, 4.69) is 46.3 Å². The van der Waals surface area contributed by atoms with E-state index in [0.29, 0.717) is 6.04 Å². The van der Waals surface area contributed by atoms with Crippen LogP contribution in [-0.2, 0) is 6.42 Å². The van der Waals surface area contributed by atoms with Gasteiger partial charge in [-0.15, -0.1) is 0 Å². The van der Waals surface area contributed by atoms with Crippen molar-refractivity contribution in [2.75, 3.05) is 18.5 Å². The average molecular weight is 271 g/mol. The molecule has 1 aliphatic heterocycles. The molecule has 3 rings (SSSR count). The van der Waals surface area contributed by atoms with Gasteiger partial charge in [-0.3, -0.25) is 0 Å². The Kier molecular flexibility index (Phi) is 3.74. The number of nitrogens with zero attached hydrogens (tertiary/aromatic N) is 2. The van der Waals surface area contributed by atoms with Crippen molar-refractivity contribution in [3.05, 3.63) is 47.2 Å². The quantitative estimate of drug-likeness (QED) is 0.898. The molecule has 0 spiro atoms. The first-order valence-electron chi connectivity index (χ1n) is 7.27. The highest BCUT2D eigenvalue weighted by molar-refractivity contribution is 5.47. The minimum Gasteiger partial charge on any atom is -0.396 e. The van der Waals surface area contributed by atoms with E-state index < -0.39 is 0 Å². The molecule has 0 radical (unpaired) electrons. The van der Waals surface area contributed by atoms with E-state index in [1.807, 2.05) is 6.20 Å². The Hall–Kier alpha value is -1.81. The number of benzene rings is 1. The lowest BCUT2D eigenvalue weighted by atomic mass is 10.0. The van der Waals surface area contributed by atoms with E-state index in [1.54, 1.807) is 0 Å². The molecular weight excluding hydrogens is 250 g/mol. The van der Waals surface area contributed by atoms with Crippen molar-refractivity contribution >= 4 is 5.82 Å². The number of anilines is 1. The first kappa shape index (κ1) is 13.2. The zero-order valence-electron chi connectivity index (χ0n) is 11.8. The average Bonchev–Trinajstić information content (AvgIpc) is 2.89. The second-order valence-electron chi connectivity index (χ2n) is 5.43. The smallest absolute Gasteiger partial charge is 0.128 e. The summed E-state index contributed by atoms with van der Waals surface area (Å²) in [6.07, 6.45) is 4.65. The first-order valence-corrected chi connectivity index (χ1v) is 7.27. The van der Waals surface area contributed by atoms with Gasteiger partial charge in [-0.1, -0.05) is 29.8 Å². The van der Waals surface area contributed by atoms with Crippen LogP contribution in [0.25, 0.3) is 0 Å². The van der Waals surface area contributed by atoms with Gasteiger partial charge in [0, 0.05) is 18.7 Å². The van der Waals surface area contributed by atoms with Gasteiger partial charge in [-0.2, -0.15) is 5.10 Å². The second kappa shape index (κ2) is 5.67. The van der Waals surface area contributed by atoms with Gasteiger partial charge < -0.3 is 10.4 Å². The number of aryl methyl sites for hydroxylation is 2. The Morgan fingerprint density at radius 1 is 1.35 bits per heavy atom. The molecule has 4 nitrogen and oxygen atoms in total. The van der Waals surface area contributed by atoms with E-state index in [0.717, 1.165) is 31.6 Å². The Bertz CT molecular complexity index is 574. The molecule has 20 heavy (non-hydrogen) atoms. The number of aliphatic hydroxyl groups excluding tert-OH is 1. The molecule has 2 N–H and O–H groups in total. The van der Waals surface area contributed by atoms with Gasteiger partial charge in [-0.25, -0.2) is 4.68 Å². The SMILES string of the molecule is Cc1ccc(C2CCNc3c(CCCO)cnn32)cc1. The number of aliphatic hydroxyl groups is 1. The van der Waals surface area contributed by atoms with Crippen LogP contribution in [-0.4, -0.2) is 28.0 Å². The van der Waals surface area contributed by atoms with Crippen molar-refractivity contribution < 1.29 is 5.11 Å². The molecule has 4 heteroatoms. The minimum absolute atomic E-state index is 0.228. The molecule has 1 aromatic carbocycles. The van der Waals surface area contributed by atoms with Gasteiger partial charge in [0.2, 0.25) is 0 Å². The molecule has 0 saturated carbocycles. The molecule has 1 aromatic heterocycles. The lowest BCUT2D eigenvalue weighted by molar-refractivity contribution is 0.288. The molecular formula is C16H21N3O. The van der Waals surface area contributed by atoms with Crippen LogP contribution in [0.3, 0.4) is 0 Å². The van der Waals surface area contributed by atoms with Crippen molar-refractivity contribution in [2.24, 2.45) is 0 Å². The van der Waals surface area contributed by atoms with Crippen LogP contribution in [0, 0.1) is 6.92 Å². The summed E-state index contributed by atoms with van der Waals surface area (Å²) in [6.45, 7) is 3.31. The fourth-order valence-electron chi connectivity index (χ4n) is 2.83. The fourth-order valence-corrected chi connectivity index (χ4v) is 2.83. The molecule has 0 saturated heterocycles. The van der Waals surface area contributed by atoms with Crippen LogP contribution in [0.2, 0.25) is 0 Å². The van der Waals surface area contributed by atoms with Crippen molar-refractivity contribution in [3.63, 3.8) is 0 Å². The molecule has 106 valence electrons. The molecule has 0 amide bonds. The first-order chi connectivity index (χ1) is 9.79. The molecule has 1 atom stereocenters. The standard InChI is InChI=1S/C16H21N3O/c1-12-4-6-13(7-5-12)15-8-9-17-16-14(3-2-10-20)11-18-19(15)16/h4-7,11,15,17,20H,2-3,8-10H2,1H3. The van der Waals surface area contributed by atoms with E-state index in [-0.39, 0.29) is 6.61 Å². The second-order valence-corrected chi connectivity index (χ2v) is 5.43. The van der Waals surface area contributed by atoms with Crippen LogP contribution in [0.1, 0.15) is 35.6 Å². The van der Waals surface area contributed by atoms with Crippen molar-refractivity contribution in [1.82, 2.24) is 9.78 Å². The summed E-state index contributed by atoms with van der Waals surface area (Å²) in [5.74, 6) is 1.12. The zero-order valence-corrected chi connectivity index (χ0v) is 11.8. The normalized spacial score (nSPS) is 17.6. The van der Waals surface area contributed by atoms with Gasteiger partial charge in [-0.05, 0) is 31.7 Å². The third-order valence-corrected chi connectivity index (χ3v) is 3.94. The number of hydrogen-bond acceptors (Lipinski definition) is 3. The largest absolute Gasteiger partial charge is 0.396 e. The molecule has 1 aliphatic rings. The topological polar surface area (TPSA) is 50.1 Å². The molecule has 0 aliphatic carbocycles. The van der Waals surface area contributed by atoms with Gasteiger partial charge in [0.25, 0.3) is 0 Å². The number of rotatable bonds is 4. The number of aromatic nitrogens is 2. The predicted octanol–water partition coefficient (Wildman–Crippen LogP) is 2.52. The summed E-state index contributed by atoms with van der Waals surface area (Å²) in [6, 6.07) is 9.03. The lowest BCUT2D eigenvalue weighted by Crippen LogP contribution is -2.24. The van der Waals surface area contributed by atoms with Crippen LogP contribution in [0.15, 0.2) is 30.5 Å².